The van der Waals surface area contributed by atoms with Gasteiger partial charge in [0.05, 0.1) is 5.92 Å². The van der Waals surface area contributed by atoms with E-state index in [1.54, 1.807) is 31.2 Å². The van der Waals surface area contributed by atoms with Crippen LogP contribution in [0.3, 0.4) is 0 Å². The zero-order chi connectivity index (χ0) is 17.8. The van der Waals surface area contributed by atoms with Crippen molar-refractivity contribution >= 4 is 5.97 Å². The second-order valence-electron chi connectivity index (χ2n) is 6.06. The lowest BCUT2D eigenvalue weighted by atomic mass is 9.97. The Hall–Kier alpha value is -2.94. The van der Waals surface area contributed by atoms with Crippen LogP contribution in [0.15, 0.2) is 72.8 Å². The molecule has 0 fully saturated rings. The summed E-state index contributed by atoms with van der Waals surface area (Å²) in [6, 6.07) is 21.5. The maximum atomic E-state index is 14.5. The lowest BCUT2D eigenvalue weighted by Crippen LogP contribution is -2.16. The number of carbonyl (C=O) groups excluding carboxylic acids is 1. The fourth-order valence-corrected chi connectivity index (χ4v) is 2.60. The van der Waals surface area contributed by atoms with E-state index in [9.17, 15) is 9.18 Å². The smallest absolute Gasteiger partial charge is 0.318 e. The van der Waals surface area contributed by atoms with Crippen molar-refractivity contribution in [1.29, 1.82) is 0 Å². The maximum absolute atomic E-state index is 14.5. The summed E-state index contributed by atoms with van der Waals surface area (Å²) in [6.45, 7) is 3.68. The van der Waals surface area contributed by atoms with Gasteiger partial charge < -0.3 is 4.74 Å². The second kappa shape index (κ2) is 7.31. The average molecular weight is 334 g/mol. The van der Waals surface area contributed by atoms with E-state index in [4.69, 9.17) is 4.74 Å². The van der Waals surface area contributed by atoms with Crippen LogP contribution in [0.25, 0.3) is 11.1 Å². The highest BCUT2D eigenvalue weighted by molar-refractivity contribution is 5.80. The zero-order valence-electron chi connectivity index (χ0n) is 14.2. The van der Waals surface area contributed by atoms with E-state index in [-0.39, 0.29) is 5.82 Å². The molecule has 3 aromatic rings. The van der Waals surface area contributed by atoms with Gasteiger partial charge in [0.25, 0.3) is 0 Å². The first-order chi connectivity index (χ1) is 12.0. The Morgan fingerprint density at radius 3 is 2.28 bits per heavy atom. The van der Waals surface area contributed by atoms with E-state index < -0.39 is 11.9 Å². The van der Waals surface area contributed by atoms with E-state index in [1.165, 1.54) is 6.07 Å². The molecule has 3 heteroatoms. The molecule has 0 saturated heterocycles. The van der Waals surface area contributed by atoms with Crippen LogP contribution in [-0.2, 0) is 4.79 Å². The molecule has 0 N–H and O–H groups in total. The van der Waals surface area contributed by atoms with Crippen LogP contribution in [0.5, 0.6) is 5.75 Å². The first-order valence-electron chi connectivity index (χ1n) is 8.18. The SMILES string of the molecule is Cc1ccc(OC(=O)C(C)c2ccc(-c3ccccc3)c(F)c2)cc1. The third-order valence-corrected chi connectivity index (χ3v) is 4.17. The number of aryl methyl sites for hydroxylation is 1. The molecule has 0 amide bonds. The van der Waals surface area contributed by atoms with Gasteiger partial charge in [-0.05, 0) is 43.2 Å². The summed E-state index contributed by atoms with van der Waals surface area (Å²) in [5.74, 6) is -0.821. The molecule has 0 aliphatic heterocycles. The number of hydrogen-bond acceptors (Lipinski definition) is 2. The van der Waals surface area contributed by atoms with Crippen molar-refractivity contribution in [2.45, 2.75) is 19.8 Å². The molecule has 0 bridgehead atoms. The standard InChI is InChI=1S/C22H19FO2/c1-15-8-11-19(12-9-15)25-22(24)16(2)18-10-13-20(21(23)14-18)17-6-4-3-5-7-17/h3-14,16H,1-2H3. The number of carbonyl (C=O) groups is 1. The summed E-state index contributed by atoms with van der Waals surface area (Å²) >= 11 is 0. The molecule has 0 radical (unpaired) electrons. The van der Waals surface area contributed by atoms with E-state index in [0.717, 1.165) is 11.1 Å². The van der Waals surface area contributed by atoms with Crippen LogP contribution in [-0.4, -0.2) is 5.97 Å². The first-order valence-corrected chi connectivity index (χ1v) is 8.18. The monoisotopic (exact) mass is 334 g/mol. The molecule has 25 heavy (non-hydrogen) atoms. The van der Waals surface area contributed by atoms with E-state index in [0.29, 0.717) is 16.9 Å². The van der Waals surface area contributed by atoms with Crippen molar-refractivity contribution in [3.8, 4) is 16.9 Å². The number of benzene rings is 3. The zero-order valence-corrected chi connectivity index (χ0v) is 14.2. The third kappa shape index (κ3) is 3.94. The van der Waals surface area contributed by atoms with Crippen molar-refractivity contribution in [3.63, 3.8) is 0 Å². The average Bonchev–Trinajstić information content (AvgIpc) is 2.63. The van der Waals surface area contributed by atoms with Crippen LogP contribution < -0.4 is 4.74 Å². The highest BCUT2D eigenvalue weighted by atomic mass is 19.1. The quantitative estimate of drug-likeness (QED) is 0.464. The summed E-state index contributed by atoms with van der Waals surface area (Å²) in [7, 11) is 0. The van der Waals surface area contributed by atoms with Gasteiger partial charge >= 0.3 is 5.97 Å². The Labute approximate surface area is 146 Å². The van der Waals surface area contributed by atoms with E-state index in [1.807, 2.05) is 49.4 Å². The molecule has 126 valence electrons. The second-order valence-corrected chi connectivity index (χ2v) is 6.06. The van der Waals surface area contributed by atoms with Crippen molar-refractivity contribution in [2.24, 2.45) is 0 Å². The minimum Gasteiger partial charge on any atom is -0.426 e. The summed E-state index contributed by atoms with van der Waals surface area (Å²) < 4.78 is 19.9. The largest absolute Gasteiger partial charge is 0.426 e. The molecule has 1 unspecified atom stereocenters. The molecule has 0 aromatic heterocycles. The molecular weight excluding hydrogens is 315 g/mol. The van der Waals surface area contributed by atoms with Gasteiger partial charge in [0.1, 0.15) is 11.6 Å². The minimum atomic E-state index is -0.555. The molecule has 3 rings (SSSR count). The fraction of sp³-hybridized carbons (Fsp3) is 0.136. The third-order valence-electron chi connectivity index (χ3n) is 4.17. The molecule has 0 heterocycles. The summed E-state index contributed by atoms with van der Waals surface area (Å²) in [6.07, 6.45) is 0. The molecule has 1 atom stereocenters. The highest BCUT2D eigenvalue weighted by Crippen LogP contribution is 2.27. The maximum Gasteiger partial charge on any atom is 0.318 e. The van der Waals surface area contributed by atoms with E-state index >= 15 is 0 Å². The Balaban J connectivity index is 1.78. The summed E-state index contributed by atoms with van der Waals surface area (Å²) in [5, 5.41) is 0. The first kappa shape index (κ1) is 16.9. The number of rotatable bonds is 4. The van der Waals surface area contributed by atoms with Gasteiger partial charge in [0.2, 0.25) is 0 Å². The van der Waals surface area contributed by atoms with Gasteiger partial charge in [0.15, 0.2) is 0 Å². The predicted octanol–water partition coefficient (Wildman–Crippen LogP) is 5.51. The van der Waals surface area contributed by atoms with E-state index in [2.05, 4.69) is 0 Å². The normalized spacial score (nSPS) is 11.8. The lowest BCUT2D eigenvalue weighted by molar-refractivity contribution is -0.135. The number of esters is 1. The number of halogens is 1. The Kier molecular flexibility index (Phi) is 4.94. The highest BCUT2D eigenvalue weighted by Gasteiger charge is 2.19. The van der Waals surface area contributed by atoms with Gasteiger partial charge in [-0.1, -0.05) is 60.2 Å². The Bertz CT molecular complexity index is 870. The fourth-order valence-electron chi connectivity index (χ4n) is 2.60. The molecule has 0 spiro atoms. The number of ether oxygens (including phenoxy) is 1. The molecular formula is C22H19FO2. The Morgan fingerprint density at radius 1 is 0.960 bits per heavy atom. The van der Waals surface area contributed by atoms with Crippen LogP contribution in [0.1, 0.15) is 24.0 Å². The van der Waals surface area contributed by atoms with Crippen molar-refractivity contribution < 1.29 is 13.9 Å². The molecule has 3 aromatic carbocycles. The summed E-state index contributed by atoms with van der Waals surface area (Å²) in [4.78, 5) is 12.3. The number of hydrogen-bond donors (Lipinski definition) is 0. The van der Waals surface area contributed by atoms with Crippen molar-refractivity contribution in [3.05, 3.63) is 89.7 Å². The molecule has 0 saturated carbocycles. The topological polar surface area (TPSA) is 26.3 Å². The van der Waals surface area contributed by atoms with Crippen LogP contribution in [0.4, 0.5) is 4.39 Å². The van der Waals surface area contributed by atoms with Crippen LogP contribution >= 0.6 is 0 Å². The Morgan fingerprint density at radius 2 is 1.64 bits per heavy atom. The van der Waals surface area contributed by atoms with Gasteiger partial charge in [-0.2, -0.15) is 0 Å². The van der Waals surface area contributed by atoms with Crippen LogP contribution in [0.2, 0.25) is 0 Å². The van der Waals surface area contributed by atoms with Gasteiger partial charge in [-0.3, -0.25) is 4.79 Å². The van der Waals surface area contributed by atoms with Gasteiger partial charge in [-0.25, -0.2) is 4.39 Å². The van der Waals surface area contributed by atoms with Crippen molar-refractivity contribution in [1.82, 2.24) is 0 Å². The molecule has 0 aliphatic carbocycles. The molecule has 2 nitrogen and oxygen atoms in total. The predicted molar refractivity (Wildman–Crippen MR) is 97.1 cm³/mol. The van der Waals surface area contributed by atoms with Gasteiger partial charge in [0, 0.05) is 5.56 Å². The van der Waals surface area contributed by atoms with Gasteiger partial charge in [-0.15, -0.1) is 0 Å². The molecule has 0 aliphatic rings. The minimum absolute atomic E-state index is 0.348. The van der Waals surface area contributed by atoms with Crippen molar-refractivity contribution in [2.75, 3.05) is 0 Å². The lowest BCUT2D eigenvalue weighted by Gasteiger charge is -2.13. The summed E-state index contributed by atoms with van der Waals surface area (Å²) in [5.41, 5.74) is 3.01. The van der Waals surface area contributed by atoms with Crippen LogP contribution in [0, 0.1) is 12.7 Å².